The zero-order valence-corrected chi connectivity index (χ0v) is 13.5. The molecule has 2 nitrogen and oxygen atoms in total. The maximum absolute atomic E-state index is 3.80. The third-order valence-corrected chi connectivity index (χ3v) is 4.70. The molecule has 2 unspecified atom stereocenters. The van der Waals surface area contributed by atoms with Crippen LogP contribution in [0.2, 0.25) is 0 Å². The summed E-state index contributed by atoms with van der Waals surface area (Å²) in [6.45, 7) is 5.74. The highest BCUT2D eigenvalue weighted by Gasteiger charge is 2.26. The Bertz CT molecular complexity index is 394. The minimum absolute atomic E-state index is 0.706. The largest absolute Gasteiger partial charge is 0.378 e. The number of nitrogens with zero attached hydrogens (tertiary/aromatic N) is 1. The van der Waals surface area contributed by atoms with Crippen LogP contribution in [-0.2, 0) is 6.54 Å². The summed E-state index contributed by atoms with van der Waals surface area (Å²) in [4.78, 5) is 2.15. The van der Waals surface area contributed by atoms with E-state index in [1.807, 2.05) is 0 Å². The average Bonchev–Trinajstić information content (AvgIpc) is 2.45. The van der Waals surface area contributed by atoms with Crippen molar-refractivity contribution in [2.24, 2.45) is 11.8 Å². The fourth-order valence-corrected chi connectivity index (χ4v) is 3.37. The fraction of sp³-hybridized carbons (Fsp3) is 0.667. The molecule has 1 aromatic rings. The highest BCUT2D eigenvalue weighted by atomic mass is 15.1. The average molecular weight is 274 g/mol. The summed E-state index contributed by atoms with van der Waals surface area (Å²) in [6.07, 6.45) is 5.55. The summed E-state index contributed by atoms with van der Waals surface area (Å²) in [5.74, 6) is 1.65. The molecule has 1 aliphatic rings. The molecule has 2 atom stereocenters. The van der Waals surface area contributed by atoms with Gasteiger partial charge in [0.15, 0.2) is 0 Å². The van der Waals surface area contributed by atoms with Crippen molar-refractivity contribution in [3.63, 3.8) is 0 Å². The molecule has 0 saturated heterocycles. The van der Waals surface area contributed by atoms with Gasteiger partial charge in [-0.2, -0.15) is 0 Å². The van der Waals surface area contributed by atoms with Crippen LogP contribution < -0.4 is 10.2 Å². The Kier molecular flexibility index (Phi) is 5.47. The van der Waals surface area contributed by atoms with Crippen molar-refractivity contribution in [3.8, 4) is 0 Å². The third-order valence-electron chi connectivity index (χ3n) is 4.70. The van der Waals surface area contributed by atoms with Crippen LogP contribution in [0.5, 0.6) is 0 Å². The Morgan fingerprint density at radius 1 is 1.10 bits per heavy atom. The highest BCUT2D eigenvalue weighted by Crippen LogP contribution is 2.30. The van der Waals surface area contributed by atoms with Gasteiger partial charge in [0.25, 0.3) is 0 Å². The topological polar surface area (TPSA) is 15.3 Å². The van der Waals surface area contributed by atoms with E-state index in [9.17, 15) is 0 Å². The van der Waals surface area contributed by atoms with Gasteiger partial charge in [-0.1, -0.05) is 38.8 Å². The Morgan fingerprint density at radius 3 is 2.35 bits per heavy atom. The molecule has 112 valence electrons. The van der Waals surface area contributed by atoms with Gasteiger partial charge in [0.2, 0.25) is 0 Å². The quantitative estimate of drug-likeness (QED) is 0.871. The first-order chi connectivity index (χ1) is 9.58. The molecule has 0 heterocycles. The number of benzene rings is 1. The second-order valence-corrected chi connectivity index (χ2v) is 6.74. The number of anilines is 1. The molecule has 20 heavy (non-hydrogen) atoms. The molecule has 1 aliphatic carbocycles. The number of rotatable bonds is 5. The van der Waals surface area contributed by atoms with E-state index in [0.717, 1.165) is 18.4 Å². The van der Waals surface area contributed by atoms with Crippen LogP contribution >= 0.6 is 0 Å². The SMILES string of the molecule is CC(C)C1CCCCC1NCc1ccc(N(C)C)cc1. The molecular formula is C18H30N2. The Balaban J connectivity index is 1.90. The van der Waals surface area contributed by atoms with Crippen molar-refractivity contribution in [1.82, 2.24) is 5.32 Å². The van der Waals surface area contributed by atoms with Gasteiger partial charge in [-0.05, 0) is 42.4 Å². The summed E-state index contributed by atoms with van der Waals surface area (Å²) in [7, 11) is 4.17. The zero-order chi connectivity index (χ0) is 14.5. The third kappa shape index (κ3) is 3.99. The van der Waals surface area contributed by atoms with Gasteiger partial charge in [-0.15, -0.1) is 0 Å². The summed E-state index contributed by atoms with van der Waals surface area (Å²) in [6, 6.07) is 9.61. The molecule has 0 spiro atoms. The molecule has 0 amide bonds. The van der Waals surface area contributed by atoms with E-state index in [1.165, 1.54) is 36.9 Å². The molecule has 1 fully saturated rings. The van der Waals surface area contributed by atoms with E-state index in [4.69, 9.17) is 0 Å². The van der Waals surface area contributed by atoms with Crippen molar-refractivity contribution in [2.75, 3.05) is 19.0 Å². The molecule has 0 aromatic heterocycles. The van der Waals surface area contributed by atoms with Crippen molar-refractivity contribution in [2.45, 2.75) is 52.1 Å². The Labute approximate surface area is 124 Å². The number of hydrogen-bond acceptors (Lipinski definition) is 2. The lowest BCUT2D eigenvalue weighted by Gasteiger charge is -2.35. The minimum Gasteiger partial charge on any atom is -0.378 e. The lowest BCUT2D eigenvalue weighted by Crippen LogP contribution is -2.40. The predicted molar refractivity (Wildman–Crippen MR) is 88.2 cm³/mol. The summed E-state index contributed by atoms with van der Waals surface area (Å²) in [5.41, 5.74) is 2.66. The molecule has 0 bridgehead atoms. The fourth-order valence-electron chi connectivity index (χ4n) is 3.37. The molecular weight excluding hydrogens is 244 g/mol. The van der Waals surface area contributed by atoms with Crippen LogP contribution in [0.15, 0.2) is 24.3 Å². The highest BCUT2D eigenvalue weighted by molar-refractivity contribution is 5.45. The van der Waals surface area contributed by atoms with Gasteiger partial charge in [0.1, 0.15) is 0 Å². The van der Waals surface area contributed by atoms with Crippen molar-refractivity contribution in [3.05, 3.63) is 29.8 Å². The summed E-state index contributed by atoms with van der Waals surface area (Å²) in [5, 5.41) is 3.80. The second kappa shape index (κ2) is 7.12. The maximum Gasteiger partial charge on any atom is 0.0361 e. The second-order valence-electron chi connectivity index (χ2n) is 6.74. The molecule has 2 rings (SSSR count). The number of nitrogens with one attached hydrogen (secondary N) is 1. The Hall–Kier alpha value is -1.02. The predicted octanol–water partition coefficient (Wildman–Crippen LogP) is 4.06. The first kappa shape index (κ1) is 15.4. The van der Waals surface area contributed by atoms with Crippen LogP contribution in [0.3, 0.4) is 0 Å². The molecule has 2 heteroatoms. The van der Waals surface area contributed by atoms with E-state index >= 15 is 0 Å². The molecule has 0 aliphatic heterocycles. The van der Waals surface area contributed by atoms with Gasteiger partial charge >= 0.3 is 0 Å². The number of hydrogen-bond donors (Lipinski definition) is 1. The first-order valence-corrected chi connectivity index (χ1v) is 8.07. The van der Waals surface area contributed by atoms with Crippen LogP contribution in [0, 0.1) is 11.8 Å². The lowest BCUT2D eigenvalue weighted by atomic mass is 9.78. The van der Waals surface area contributed by atoms with Gasteiger partial charge in [0, 0.05) is 32.4 Å². The van der Waals surface area contributed by atoms with E-state index in [1.54, 1.807) is 0 Å². The lowest BCUT2D eigenvalue weighted by molar-refractivity contribution is 0.204. The monoisotopic (exact) mass is 274 g/mol. The van der Waals surface area contributed by atoms with E-state index in [2.05, 4.69) is 62.4 Å². The van der Waals surface area contributed by atoms with E-state index < -0.39 is 0 Å². The van der Waals surface area contributed by atoms with Crippen molar-refractivity contribution in [1.29, 1.82) is 0 Å². The smallest absolute Gasteiger partial charge is 0.0361 e. The molecule has 1 N–H and O–H groups in total. The normalized spacial score (nSPS) is 23.1. The molecule has 1 saturated carbocycles. The zero-order valence-electron chi connectivity index (χ0n) is 13.5. The summed E-state index contributed by atoms with van der Waals surface area (Å²) < 4.78 is 0. The van der Waals surface area contributed by atoms with Gasteiger partial charge in [0.05, 0.1) is 0 Å². The van der Waals surface area contributed by atoms with E-state index in [0.29, 0.717) is 6.04 Å². The standard InChI is InChI=1S/C18H30N2/c1-14(2)17-7-5-6-8-18(17)19-13-15-9-11-16(12-10-15)20(3)4/h9-12,14,17-19H,5-8,13H2,1-4H3. The minimum atomic E-state index is 0.706. The van der Waals surface area contributed by atoms with Gasteiger partial charge in [-0.3, -0.25) is 0 Å². The van der Waals surface area contributed by atoms with Crippen molar-refractivity contribution < 1.29 is 0 Å². The maximum atomic E-state index is 3.80. The Morgan fingerprint density at radius 2 is 1.75 bits per heavy atom. The summed E-state index contributed by atoms with van der Waals surface area (Å²) >= 11 is 0. The van der Waals surface area contributed by atoms with Crippen LogP contribution in [0.25, 0.3) is 0 Å². The van der Waals surface area contributed by atoms with Gasteiger partial charge < -0.3 is 10.2 Å². The molecule has 1 aromatic carbocycles. The van der Waals surface area contributed by atoms with Gasteiger partial charge in [-0.25, -0.2) is 0 Å². The van der Waals surface area contributed by atoms with Crippen LogP contribution in [0.1, 0.15) is 45.1 Å². The van der Waals surface area contributed by atoms with E-state index in [-0.39, 0.29) is 0 Å². The first-order valence-electron chi connectivity index (χ1n) is 8.07. The van der Waals surface area contributed by atoms with Crippen LogP contribution in [-0.4, -0.2) is 20.1 Å². The molecule has 0 radical (unpaired) electrons. The van der Waals surface area contributed by atoms with Crippen LogP contribution in [0.4, 0.5) is 5.69 Å². The van der Waals surface area contributed by atoms with Crippen molar-refractivity contribution >= 4 is 5.69 Å².